The first-order chi connectivity index (χ1) is 18.3. The highest BCUT2D eigenvalue weighted by molar-refractivity contribution is 7.91. The minimum absolute atomic E-state index is 0.00257. The largest absolute Gasteiger partial charge is 0.504 e. The van der Waals surface area contributed by atoms with Gasteiger partial charge in [-0.1, -0.05) is 48.5 Å². The maximum atomic E-state index is 12.8. The minimum Gasteiger partial charge on any atom is -0.504 e. The van der Waals surface area contributed by atoms with Crippen LogP contribution in [0.3, 0.4) is 0 Å². The predicted octanol–water partition coefficient (Wildman–Crippen LogP) is 4.47. The lowest BCUT2D eigenvalue weighted by Crippen LogP contribution is -2.37. The van der Waals surface area contributed by atoms with Gasteiger partial charge < -0.3 is 21.0 Å². The zero-order valence-electron chi connectivity index (χ0n) is 23.5. The Hall–Kier alpha value is -3.47. The quantitative estimate of drug-likeness (QED) is 0.390. The van der Waals surface area contributed by atoms with Crippen LogP contribution in [0.2, 0.25) is 0 Å². The summed E-state index contributed by atoms with van der Waals surface area (Å²) in [5.41, 5.74) is 12.6. The van der Waals surface area contributed by atoms with Crippen molar-refractivity contribution < 1.29 is 17.9 Å². The van der Waals surface area contributed by atoms with E-state index < -0.39 is 15.8 Å². The minimum atomic E-state index is -3.85. The summed E-state index contributed by atoms with van der Waals surface area (Å²) >= 11 is 0.867. The van der Waals surface area contributed by atoms with E-state index in [1.807, 2.05) is 6.07 Å². The number of terminal acetylenes is 1. The van der Waals surface area contributed by atoms with Crippen molar-refractivity contribution >= 4 is 50.4 Å². The highest BCUT2D eigenvalue weighted by Gasteiger charge is 2.29. The van der Waals surface area contributed by atoms with Crippen LogP contribution in [0.5, 0.6) is 5.75 Å². The van der Waals surface area contributed by atoms with Crippen molar-refractivity contribution in [3.05, 3.63) is 29.0 Å². The Labute approximate surface area is 235 Å². The average molecular weight is 578 g/mol. The second-order valence-electron chi connectivity index (χ2n) is 9.15. The molecule has 39 heavy (non-hydrogen) atoms. The molecule has 0 aromatic carbocycles. The fraction of sp³-hybridized carbons (Fsp3) is 0.462. The maximum absolute atomic E-state index is 12.8. The summed E-state index contributed by atoms with van der Waals surface area (Å²) in [6.45, 7) is 14.8. The summed E-state index contributed by atoms with van der Waals surface area (Å²) in [5.74, 6) is 1.30. The predicted molar refractivity (Wildman–Crippen MR) is 161 cm³/mol. The highest BCUT2D eigenvalue weighted by Crippen LogP contribution is 2.41. The van der Waals surface area contributed by atoms with Crippen LogP contribution in [-0.4, -0.2) is 54.3 Å². The Bertz CT molecular complexity index is 1340. The summed E-state index contributed by atoms with van der Waals surface area (Å²) in [7, 11) is -3.85. The molecule has 2 aromatic rings. The molecule has 13 heteroatoms. The van der Waals surface area contributed by atoms with Gasteiger partial charge in [-0.3, -0.25) is 4.99 Å². The van der Waals surface area contributed by atoms with E-state index >= 15 is 0 Å². The van der Waals surface area contributed by atoms with Crippen LogP contribution < -0.4 is 11.5 Å². The number of nitrogens with zero attached hydrogens (tertiary/aromatic N) is 5. The van der Waals surface area contributed by atoms with Crippen molar-refractivity contribution in [1.82, 2.24) is 4.31 Å². The number of hydrogen-bond donors (Lipinski definition) is 3. The second kappa shape index (κ2) is 15.2. The van der Waals surface area contributed by atoms with Crippen molar-refractivity contribution in [3.63, 3.8) is 0 Å². The fourth-order valence-electron chi connectivity index (χ4n) is 2.94. The zero-order chi connectivity index (χ0) is 29.9. The van der Waals surface area contributed by atoms with E-state index in [0.29, 0.717) is 11.7 Å². The Morgan fingerprint density at radius 3 is 2.10 bits per heavy atom. The molecule has 0 unspecified atom stereocenters. The lowest BCUT2D eigenvalue weighted by molar-refractivity contribution is 0.434. The number of rotatable bonds is 8. The Morgan fingerprint density at radius 1 is 1.08 bits per heavy atom. The van der Waals surface area contributed by atoms with Crippen LogP contribution in [0.1, 0.15) is 65.7 Å². The van der Waals surface area contributed by atoms with Gasteiger partial charge in [0.2, 0.25) is 0 Å². The van der Waals surface area contributed by atoms with Crippen molar-refractivity contribution in [2.45, 2.75) is 65.1 Å². The lowest BCUT2D eigenvalue weighted by atomic mass is 10.1. The van der Waals surface area contributed by atoms with Gasteiger partial charge in [0.1, 0.15) is 11.4 Å². The SMILES string of the molecule is C#C.CC(C)C.CCN(CC)S(=O)(=O)c1scc(N=C2N=C(N)C(N)=NC2=NCc2cc(C(C)C)co2)c1O. The number of sulfonamides is 1. The number of aromatic hydroxyl groups is 1. The number of aliphatic imine (C=N–C) groups is 4. The number of hydrogen-bond acceptors (Lipinski definition) is 9. The molecule has 3 heterocycles. The Morgan fingerprint density at radius 2 is 1.62 bits per heavy atom. The first-order valence-electron chi connectivity index (χ1n) is 12.3. The van der Waals surface area contributed by atoms with Gasteiger partial charge in [-0.05, 0) is 23.5 Å². The summed E-state index contributed by atoms with van der Waals surface area (Å²) in [4.78, 5) is 16.9. The summed E-state index contributed by atoms with van der Waals surface area (Å²) in [5, 5.41) is 12.0. The van der Waals surface area contributed by atoms with Crippen molar-refractivity contribution in [3.8, 4) is 18.6 Å². The molecule has 0 amide bonds. The van der Waals surface area contributed by atoms with Crippen LogP contribution in [-0.2, 0) is 16.6 Å². The van der Waals surface area contributed by atoms with E-state index in [1.165, 1.54) is 9.69 Å². The van der Waals surface area contributed by atoms with Gasteiger partial charge in [0.25, 0.3) is 10.0 Å². The van der Waals surface area contributed by atoms with E-state index in [9.17, 15) is 13.5 Å². The third-order valence-corrected chi connectivity index (χ3v) is 8.39. The fourth-order valence-corrected chi connectivity index (χ4v) is 5.75. The number of nitrogens with two attached hydrogens (primary N) is 2. The molecule has 0 bridgehead atoms. The molecular weight excluding hydrogens is 538 g/mol. The number of amidine groups is 4. The van der Waals surface area contributed by atoms with Crippen LogP contribution in [0, 0.1) is 18.8 Å². The Balaban J connectivity index is 0.00000116. The van der Waals surface area contributed by atoms with E-state index in [2.05, 4.69) is 67.4 Å². The lowest BCUT2D eigenvalue weighted by Gasteiger charge is -2.17. The van der Waals surface area contributed by atoms with E-state index in [4.69, 9.17) is 15.9 Å². The van der Waals surface area contributed by atoms with Crippen molar-refractivity contribution in [2.24, 2.45) is 37.4 Å². The number of thiophene rings is 1. The molecular formula is C26H39N7O4S2. The Kier molecular flexibility index (Phi) is 13.1. The highest BCUT2D eigenvalue weighted by atomic mass is 32.2. The normalized spacial score (nSPS) is 15.6. The molecule has 5 N–H and O–H groups in total. The molecule has 0 fully saturated rings. The first-order valence-corrected chi connectivity index (χ1v) is 14.7. The molecule has 11 nitrogen and oxygen atoms in total. The van der Waals surface area contributed by atoms with Gasteiger partial charge in [0.05, 0.1) is 12.8 Å². The molecule has 0 atom stereocenters. The maximum Gasteiger partial charge on any atom is 0.256 e. The van der Waals surface area contributed by atoms with E-state index in [-0.39, 0.29) is 52.9 Å². The third-order valence-electron chi connectivity index (χ3n) is 4.86. The summed E-state index contributed by atoms with van der Waals surface area (Å²) in [6.07, 6.45) is 9.67. The first kappa shape index (κ1) is 33.6. The van der Waals surface area contributed by atoms with Crippen molar-refractivity contribution in [1.29, 1.82) is 0 Å². The topological polar surface area (TPSA) is 172 Å². The van der Waals surface area contributed by atoms with Gasteiger partial charge >= 0.3 is 0 Å². The van der Waals surface area contributed by atoms with Crippen LogP contribution in [0.25, 0.3) is 0 Å². The average Bonchev–Trinajstić information content (AvgIpc) is 3.49. The van der Waals surface area contributed by atoms with Crippen LogP contribution in [0.15, 0.2) is 46.3 Å². The smallest absolute Gasteiger partial charge is 0.256 e. The second-order valence-corrected chi connectivity index (χ2v) is 12.2. The van der Waals surface area contributed by atoms with Gasteiger partial charge in [-0.15, -0.1) is 24.2 Å². The molecule has 0 aliphatic carbocycles. The molecule has 0 saturated carbocycles. The van der Waals surface area contributed by atoms with E-state index in [1.54, 1.807) is 20.1 Å². The summed E-state index contributed by atoms with van der Waals surface area (Å²) < 4.78 is 32.2. The molecule has 0 radical (unpaired) electrons. The van der Waals surface area contributed by atoms with Crippen LogP contribution in [0.4, 0.5) is 5.69 Å². The summed E-state index contributed by atoms with van der Waals surface area (Å²) in [6, 6.07) is 1.90. The van der Waals surface area contributed by atoms with E-state index in [0.717, 1.165) is 22.8 Å². The third kappa shape index (κ3) is 9.05. The molecule has 0 spiro atoms. The van der Waals surface area contributed by atoms with Gasteiger partial charge in [-0.25, -0.2) is 23.4 Å². The zero-order valence-corrected chi connectivity index (χ0v) is 25.2. The van der Waals surface area contributed by atoms with Crippen molar-refractivity contribution in [2.75, 3.05) is 13.1 Å². The molecule has 1 aliphatic rings. The van der Waals surface area contributed by atoms with Gasteiger partial charge in [0, 0.05) is 18.5 Å². The standard InChI is InChI=1S/C20H27N7O4S2.C4H10.C2H2/c1-5-27(6-2)33(29,30)20-15(28)14(10-32-20)24-19-18(25-16(21)17(22)26-19)23-8-13-7-12(9-31-13)11(3)4;1-4(2)3;1-2/h7,9-11,28H,5-6,8H2,1-4H3,(H2,21,23,25)(H2,22,24,26);4H,1-3H3;1-2H. The molecule has 214 valence electrons. The van der Waals surface area contributed by atoms with Gasteiger partial charge in [-0.2, -0.15) is 4.31 Å². The monoisotopic (exact) mass is 577 g/mol. The molecule has 3 rings (SSSR count). The molecule has 2 aromatic heterocycles. The molecule has 1 aliphatic heterocycles. The van der Waals surface area contributed by atoms with Crippen LogP contribution >= 0.6 is 11.3 Å². The molecule has 0 saturated heterocycles. The van der Waals surface area contributed by atoms with Gasteiger partial charge in [0.15, 0.2) is 33.3 Å². The number of furan rings is 1.